The predicted molar refractivity (Wildman–Crippen MR) is 66.5 cm³/mol. The van der Waals surface area contributed by atoms with E-state index in [4.69, 9.17) is 9.84 Å². The van der Waals surface area contributed by atoms with Gasteiger partial charge in [0, 0.05) is 25.7 Å². The molecule has 0 radical (unpaired) electrons. The second kappa shape index (κ2) is 6.58. The number of aliphatic carboxylic acids is 1. The van der Waals surface area contributed by atoms with Crippen molar-refractivity contribution in [2.24, 2.45) is 0 Å². The molecule has 0 aromatic heterocycles. The van der Waals surface area contributed by atoms with Crippen LogP contribution >= 0.6 is 0 Å². The average molecular weight is 258 g/mol. The van der Waals surface area contributed by atoms with E-state index in [9.17, 15) is 9.59 Å². The van der Waals surface area contributed by atoms with Gasteiger partial charge >= 0.3 is 12.0 Å². The Kier molecular flexibility index (Phi) is 5.40. The highest BCUT2D eigenvalue weighted by molar-refractivity contribution is 5.82. The van der Waals surface area contributed by atoms with E-state index in [1.165, 1.54) is 7.11 Å². The number of hydrogen-bond acceptors (Lipinski definition) is 3. The first kappa shape index (κ1) is 14.8. The summed E-state index contributed by atoms with van der Waals surface area (Å²) in [6.45, 7) is 2.29. The van der Waals surface area contributed by atoms with Crippen LogP contribution in [0.15, 0.2) is 0 Å². The number of amides is 2. The van der Waals surface area contributed by atoms with Crippen LogP contribution in [-0.2, 0) is 9.53 Å². The molecule has 3 N–H and O–H groups in total. The van der Waals surface area contributed by atoms with E-state index in [2.05, 4.69) is 10.6 Å². The van der Waals surface area contributed by atoms with Crippen LogP contribution in [0.2, 0.25) is 0 Å². The molecule has 6 nitrogen and oxygen atoms in total. The number of ether oxygens (including phenoxy) is 1. The molecule has 1 unspecified atom stereocenters. The summed E-state index contributed by atoms with van der Waals surface area (Å²) in [5.74, 6) is -1.04. The Morgan fingerprint density at radius 1 is 1.39 bits per heavy atom. The minimum Gasteiger partial charge on any atom is -0.480 e. The summed E-state index contributed by atoms with van der Waals surface area (Å²) in [5, 5.41) is 14.3. The summed E-state index contributed by atoms with van der Waals surface area (Å²) in [5.41, 5.74) is -0.200. The third kappa shape index (κ3) is 4.52. The maximum absolute atomic E-state index is 11.8. The molecule has 6 heteroatoms. The van der Waals surface area contributed by atoms with E-state index in [0.717, 1.165) is 25.7 Å². The van der Waals surface area contributed by atoms with Gasteiger partial charge in [0.2, 0.25) is 0 Å². The number of carbonyl (C=O) groups is 2. The molecule has 0 saturated heterocycles. The number of carboxylic acid groups (broad SMARTS) is 1. The lowest BCUT2D eigenvalue weighted by molar-refractivity contribution is -0.139. The van der Waals surface area contributed by atoms with Crippen LogP contribution in [0, 0.1) is 0 Å². The van der Waals surface area contributed by atoms with E-state index in [1.807, 2.05) is 6.92 Å². The molecule has 0 heterocycles. The van der Waals surface area contributed by atoms with Crippen molar-refractivity contribution in [3.05, 3.63) is 0 Å². The second-order valence-corrected chi connectivity index (χ2v) is 5.04. The summed E-state index contributed by atoms with van der Waals surface area (Å²) in [7, 11) is 1.50. The first-order chi connectivity index (χ1) is 8.47. The molecule has 0 aromatic rings. The first-order valence-corrected chi connectivity index (χ1v) is 6.27. The number of carboxylic acids is 1. The summed E-state index contributed by atoms with van der Waals surface area (Å²) in [4.78, 5) is 22.7. The Hall–Kier alpha value is -1.30. The number of carbonyl (C=O) groups excluding carboxylic acids is 1. The van der Waals surface area contributed by atoms with Crippen LogP contribution in [0.3, 0.4) is 0 Å². The summed E-state index contributed by atoms with van der Waals surface area (Å²) >= 11 is 0. The lowest BCUT2D eigenvalue weighted by Crippen LogP contribution is -2.53. The second-order valence-electron chi connectivity index (χ2n) is 5.04. The van der Waals surface area contributed by atoms with E-state index in [1.54, 1.807) is 0 Å². The molecule has 0 bridgehead atoms. The van der Waals surface area contributed by atoms with E-state index in [-0.39, 0.29) is 12.0 Å². The van der Waals surface area contributed by atoms with Crippen LogP contribution in [0.1, 0.15) is 39.0 Å². The number of urea groups is 1. The average Bonchev–Trinajstić information content (AvgIpc) is 2.70. The van der Waals surface area contributed by atoms with Gasteiger partial charge in [-0.05, 0) is 19.8 Å². The molecule has 1 fully saturated rings. The first-order valence-electron chi connectivity index (χ1n) is 6.27. The van der Waals surface area contributed by atoms with Gasteiger partial charge in [0.15, 0.2) is 0 Å². The summed E-state index contributed by atoms with van der Waals surface area (Å²) < 4.78 is 4.82. The maximum atomic E-state index is 11.8. The lowest BCUT2D eigenvalue weighted by atomic mass is 10.0. The molecule has 1 aliphatic rings. The molecule has 0 aliphatic heterocycles. The van der Waals surface area contributed by atoms with Crippen molar-refractivity contribution in [3.63, 3.8) is 0 Å². The highest BCUT2D eigenvalue weighted by Crippen LogP contribution is 2.28. The van der Waals surface area contributed by atoms with Crippen molar-refractivity contribution < 1.29 is 19.4 Å². The Balaban J connectivity index is 2.43. The highest BCUT2D eigenvalue weighted by atomic mass is 16.5. The quantitative estimate of drug-likeness (QED) is 0.666. The topological polar surface area (TPSA) is 87.7 Å². The van der Waals surface area contributed by atoms with E-state index < -0.39 is 18.0 Å². The molecule has 1 atom stereocenters. The smallest absolute Gasteiger partial charge is 0.326 e. The van der Waals surface area contributed by atoms with Gasteiger partial charge < -0.3 is 20.5 Å². The zero-order valence-corrected chi connectivity index (χ0v) is 11.0. The maximum Gasteiger partial charge on any atom is 0.326 e. The van der Waals surface area contributed by atoms with Gasteiger partial charge in [-0.15, -0.1) is 0 Å². The van der Waals surface area contributed by atoms with Crippen molar-refractivity contribution in [2.75, 3.05) is 13.7 Å². The molecular weight excluding hydrogens is 236 g/mol. The largest absolute Gasteiger partial charge is 0.480 e. The Labute approximate surface area is 107 Å². The monoisotopic (exact) mass is 258 g/mol. The zero-order chi connectivity index (χ0) is 13.6. The van der Waals surface area contributed by atoms with Gasteiger partial charge in [0.25, 0.3) is 0 Å². The van der Waals surface area contributed by atoms with Gasteiger partial charge in [-0.2, -0.15) is 0 Å². The highest BCUT2D eigenvalue weighted by Gasteiger charge is 2.31. The van der Waals surface area contributed by atoms with Crippen molar-refractivity contribution in [1.82, 2.24) is 10.6 Å². The summed E-state index contributed by atoms with van der Waals surface area (Å²) in [6, 6.07) is -1.32. The van der Waals surface area contributed by atoms with Crippen molar-refractivity contribution >= 4 is 12.0 Å². The number of methoxy groups -OCH3 is 1. The van der Waals surface area contributed by atoms with E-state index >= 15 is 0 Å². The lowest BCUT2D eigenvalue weighted by Gasteiger charge is -2.26. The van der Waals surface area contributed by atoms with Gasteiger partial charge in [0.1, 0.15) is 6.04 Å². The SMILES string of the molecule is COCCC(NC(=O)NC1(C)CCCC1)C(=O)O. The molecule has 1 rings (SSSR count). The van der Waals surface area contributed by atoms with Crippen LogP contribution in [0.5, 0.6) is 0 Å². The van der Waals surface area contributed by atoms with Crippen molar-refractivity contribution in [1.29, 1.82) is 0 Å². The molecular formula is C12H22N2O4. The van der Waals surface area contributed by atoms with Crippen molar-refractivity contribution in [3.8, 4) is 0 Å². The van der Waals surface area contributed by atoms with Gasteiger partial charge in [-0.3, -0.25) is 0 Å². The molecule has 1 saturated carbocycles. The van der Waals surface area contributed by atoms with Gasteiger partial charge in [-0.25, -0.2) is 9.59 Å². The molecule has 1 aliphatic carbocycles. The van der Waals surface area contributed by atoms with Crippen LogP contribution < -0.4 is 10.6 Å². The zero-order valence-electron chi connectivity index (χ0n) is 11.0. The minimum absolute atomic E-state index is 0.200. The molecule has 2 amide bonds. The number of hydrogen-bond donors (Lipinski definition) is 3. The molecule has 0 aromatic carbocycles. The minimum atomic E-state index is -1.04. The predicted octanol–water partition coefficient (Wildman–Crippen LogP) is 1.11. The third-order valence-corrected chi connectivity index (χ3v) is 3.34. The fraction of sp³-hybridized carbons (Fsp3) is 0.833. The Bertz CT molecular complexity index is 300. The molecule has 104 valence electrons. The standard InChI is InChI=1S/C12H22N2O4/c1-12(6-3-4-7-12)14-11(17)13-9(10(15)16)5-8-18-2/h9H,3-8H2,1-2H3,(H,15,16)(H2,13,14,17). The normalized spacial score (nSPS) is 19.2. The fourth-order valence-electron chi connectivity index (χ4n) is 2.24. The van der Waals surface area contributed by atoms with Crippen LogP contribution in [-0.4, -0.2) is 42.4 Å². The number of nitrogens with one attached hydrogen (secondary N) is 2. The Morgan fingerprint density at radius 2 is 2.00 bits per heavy atom. The molecule has 18 heavy (non-hydrogen) atoms. The van der Waals surface area contributed by atoms with E-state index in [0.29, 0.717) is 6.61 Å². The summed E-state index contributed by atoms with van der Waals surface area (Å²) in [6.07, 6.45) is 4.34. The Morgan fingerprint density at radius 3 is 2.50 bits per heavy atom. The fourth-order valence-corrected chi connectivity index (χ4v) is 2.24. The van der Waals surface area contributed by atoms with Crippen LogP contribution in [0.4, 0.5) is 4.79 Å². The van der Waals surface area contributed by atoms with Gasteiger partial charge in [0.05, 0.1) is 0 Å². The van der Waals surface area contributed by atoms with Crippen LogP contribution in [0.25, 0.3) is 0 Å². The molecule has 0 spiro atoms. The van der Waals surface area contributed by atoms with Crippen molar-refractivity contribution in [2.45, 2.75) is 50.6 Å². The van der Waals surface area contributed by atoms with Gasteiger partial charge in [-0.1, -0.05) is 12.8 Å². The number of rotatable bonds is 6. The third-order valence-electron chi connectivity index (χ3n) is 3.34.